The molecule has 1 aromatic carbocycles. The number of esters is 1. The molecule has 1 heterocycles. The number of halogens is 1. The standard InChI is InChI=1S/C17H19FN2O4/c1-9-15(11(3)21)10(2)19-16(9)17(23)24-8-14(22)20-13-6-4-5-12(18)7-13/h4-7,11,19,21H,8H2,1-3H3,(H,20,22)/t11-/m0/s1. The highest BCUT2D eigenvalue weighted by Crippen LogP contribution is 2.24. The molecule has 3 N–H and O–H groups in total. The van der Waals surface area contributed by atoms with E-state index in [-0.39, 0.29) is 11.4 Å². The number of aromatic amines is 1. The average Bonchev–Trinajstić information content (AvgIpc) is 2.79. The Kier molecular flexibility index (Phi) is 5.35. The van der Waals surface area contributed by atoms with E-state index in [0.29, 0.717) is 16.8 Å². The van der Waals surface area contributed by atoms with E-state index in [1.807, 2.05) is 0 Å². The van der Waals surface area contributed by atoms with Crippen molar-refractivity contribution in [1.82, 2.24) is 4.98 Å². The number of aliphatic hydroxyl groups excluding tert-OH is 1. The molecule has 7 heteroatoms. The third-order valence-corrected chi connectivity index (χ3v) is 3.56. The van der Waals surface area contributed by atoms with E-state index in [4.69, 9.17) is 4.74 Å². The molecule has 0 aliphatic heterocycles. The summed E-state index contributed by atoms with van der Waals surface area (Å²) in [4.78, 5) is 26.7. The molecular weight excluding hydrogens is 315 g/mol. The van der Waals surface area contributed by atoms with Crippen LogP contribution < -0.4 is 5.32 Å². The number of carbonyl (C=O) groups excluding carboxylic acids is 2. The predicted octanol–water partition coefficient (Wildman–Crippen LogP) is 2.62. The molecule has 6 nitrogen and oxygen atoms in total. The van der Waals surface area contributed by atoms with Gasteiger partial charge in [-0.2, -0.15) is 0 Å². The van der Waals surface area contributed by atoms with E-state index in [1.165, 1.54) is 18.2 Å². The lowest BCUT2D eigenvalue weighted by Gasteiger charge is -2.07. The summed E-state index contributed by atoms with van der Waals surface area (Å²) in [5.74, 6) is -1.75. The van der Waals surface area contributed by atoms with Gasteiger partial charge in [-0.25, -0.2) is 9.18 Å². The number of benzene rings is 1. The third kappa shape index (κ3) is 3.99. The van der Waals surface area contributed by atoms with Crippen molar-refractivity contribution in [1.29, 1.82) is 0 Å². The van der Waals surface area contributed by atoms with Gasteiger partial charge in [0.25, 0.3) is 5.91 Å². The first-order valence-electron chi connectivity index (χ1n) is 7.39. The van der Waals surface area contributed by atoms with Gasteiger partial charge in [0.2, 0.25) is 0 Å². The van der Waals surface area contributed by atoms with Crippen LogP contribution in [0.2, 0.25) is 0 Å². The number of hydrogen-bond donors (Lipinski definition) is 3. The number of ether oxygens (including phenoxy) is 1. The molecule has 0 aliphatic carbocycles. The van der Waals surface area contributed by atoms with Crippen LogP contribution in [0.25, 0.3) is 0 Å². The topological polar surface area (TPSA) is 91.4 Å². The molecular formula is C17H19FN2O4. The minimum Gasteiger partial charge on any atom is -0.451 e. The number of aromatic nitrogens is 1. The maximum atomic E-state index is 13.0. The summed E-state index contributed by atoms with van der Waals surface area (Å²) in [5, 5.41) is 12.2. The van der Waals surface area contributed by atoms with E-state index in [1.54, 1.807) is 20.8 Å². The van der Waals surface area contributed by atoms with Crippen LogP contribution in [0.1, 0.15) is 40.3 Å². The molecule has 2 rings (SSSR count). The maximum Gasteiger partial charge on any atom is 0.355 e. The Balaban J connectivity index is 1.98. The molecule has 0 radical (unpaired) electrons. The van der Waals surface area contributed by atoms with Gasteiger partial charge < -0.3 is 20.1 Å². The second-order valence-electron chi connectivity index (χ2n) is 5.47. The van der Waals surface area contributed by atoms with Crippen molar-refractivity contribution in [3.8, 4) is 0 Å². The second kappa shape index (κ2) is 7.27. The summed E-state index contributed by atoms with van der Waals surface area (Å²) in [6.07, 6.45) is -0.723. The Bertz CT molecular complexity index is 768. The van der Waals surface area contributed by atoms with Crippen LogP contribution in [0.5, 0.6) is 0 Å². The number of anilines is 1. The van der Waals surface area contributed by atoms with Gasteiger partial charge in [-0.15, -0.1) is 0 Å². The van der Waals surface area contributed by atoms with E-state index in [0.717, 1.165) is 6.07 Å². The van der Waals surface area contributed by atoms with E-state index >= 15 is 0 Å². The van der Waals surface area contributed by atoms with Gasteiger partial charge in [0, 0.05) is 16.9 Å². The number of aliphatic hydroxyl groups is 1. The molecule has 0 saturated heterocycles. The monoisotopic (exact) mass is 334 g/mol. The Morgan fingerprint density at radius 1 is 1.38 bits per heavy atom. The number of hydrogen-bond acceptors (Lipinski definition) is 4. The second-order valence-corrected chi connectivity index (χ2v) is 5.47. The summed E-state index contributed by atoms with van der Waals surface area (Å²) in [5.41, 5.74) is 2.35. The number of aryl methyl sites for hydroxylation is 1. The quantitative estimate of drug-likeness (QED) is 0.733. The summed E-state index contributed by atoms with van der Waals surface area (Å²) >= 11 is 0. The molecule has 0 bridgehead atoms. The summed E-state index contributed by atoms with van der Waals surface area (Å²) < 4.78 is 18.0. The van der Waals surface area contributed by atoms with Gasteiger partial charge in [0.05, 0.1) is 6.10 Å². The summed E-state index contributed by atoms with van der Waals surface area (Å²) in [6.45, 7) is 4.53. The lowest BCUT2D eigenvalue weighted by atomic mass is 10.1. The van der Waals surface area contributed by atoms with Crippen molar-refractivity contribution in [2.24, 2.45) is 0 Å². The largest absolute Gasteiger partial charge is 0.451 e. The predicted molar refractivity (Wildman–Crippen MR) is 86.2 cm³/mol. The van der Waals surface area contributed by atoms with Crippen molar-refractivity contribution in [2.45, 2.75) is 26.9 Å². The molecule has 1 atom stereocenters. The first-order valence-corrected chi connectivity index (χ1v) is 7.39. The van der Waals surface area contributed by atoms with Crippen molar-refractivity contribution in [3.05, 3.63) is 52.6 Å². The van der Waals surface area contributed by atoms with Gasteiger partial charge in [-0.1, -0.05) is 6.07 Å². The fourth-order valence-electron chi connectivity index (χ4n) is 2.56. The summed E-state index contributed by atoms with van der Waals surface area (Å²) in [7, 11) is 0. The summed E-state index contributed by atoms with van der Waals surface area (Å²) in [6, 6.07) is 5.40. The highest BCUT2D eigenvalue weighted by molar-refractivity contribution is 5.95. The molecule has 0 fully saturated rings. The first kappa shape index (κ1) is 17.7. The van der Waals surface area contributed by atoms with Crippen molar-refractivity contribution in [3.63, 3.8) is 0 Å². The zero-order valence-corrected chi connectivity index (χ0v) is 13.6. The molecule has 1 aromatic heterocycles. The van der Waals surface area contributed by atoms with Crippen molar-refractivity contribution < 1.29 is 23.8 Å². The fraction of sp³-hybridized carbons (Fsp3) is 0.294. The van der Waals surface area contributed by atoms with Gasteiger partial charge in [-0.3, -0.25) is 4.79 Å². The fourth-order valence-corrected chi connectivity index (χ4v) is 2.56. The Hall–Kier alpha value is -2.67. The third-order valence-electron chi connectivity index (χ3n) is 3.56. The lowest BCUT2D eigenvalue weighted by Crippen LogP contribution is -2.21. The normalized spacial score (nSPS) is 11.9. The zero-order chi connectivity index (χ0) is 17.9. The zero-order valence-electron chi connectivity index (χ0n) is 13.6. The van der Waals surface area contributed by atoms with Gasteiger partial charge in [0.1, 0.15) is 11.5 Å². The lowest BCUT2D eigenvalue weighted by molar-refractivity contribution is -0.119. The van der Waals surface area contributed by atoms with Gasteiger partial charge >= 0.3 is 5.97 Å². The SMILES string of the molecule is Cc1[nH]c(C(=O)OCC(=O)Nc2cccc(F)c2)c(C)c1[C@H](C)O. The van der Waals surface area contributed by atoms with Crippen LogP contribution in [0.3, 0.4) is 0 Å². The number of H-pyrrole nitrogens is 1. The van der Waals surface area contributed by atoms with E-state index in [9.17, 15) is 19.1 Å². The average molecular weight is 334 g/mol. The van der Waals surface area contributed by atoms with Crippen molar-refractivity contribution in [2.75, 3.05) is 11.9 Å². The van der Waals surface area contributed by atoms with Crippen LogP contribution in [0, 0.1) is 19.7 Å². The molecule has 0 aliphatic rings. The molecule has 0 saturated carbocycles. The van der Waals surface area contributed by atoms with Crippen LogP contribution >= 0.6 is 0 Å². The smallest absolute Gasteiger partial charge is 0.355 e. The molecule has 2 aromatic rings. The molecule has 0 unspecified atom stereocenters. The number of rotatable bonds is 5. The van der Waals surface area contributed by atoms with E-state index < -0.39 is 30.4 Å². The molecule has 0 spiro atoms. The first-order chi connectivity index (χ1) is 11.3. The molecule has 24 heavy (non-hydrogen) atoms. The van der Waals surface area contributed by atoms with Crippen LogP contribution in [-0.2, 0) is 9.53 Å². The van der Waals surface area contributed by atoms with E-state index in [2.05, 4.69) is 10.3 Å². The number of carbonyl (C=O) groups is 2. The Morgan fingerprint density at radius 3 is 2.67 bits per heavy atom. The van der Waals surface area contributed by atoms with Crippen LogP contribution in [-0.4, -0.2) is 28.6 Å². The maximum absolute atomic E-state index is 13.0. The van der Waals surface area contributed by atoms with Crippen LogP contribution in [0.4, 0.5) is 10.1 Å². The number of amides is 1. The van der Waals surface area contributed by atoms with Gasteiger partial charge in [-0.05, 0) is 44.5 Å². The van der Waals surface area contributed by atoms with Crippen LogP contribution in [0.15, 0.2) is 24.3 Å². The number of nitrogens with one attached hydrogen (secondary N) is 2. The molecule has 128 valence electrons. The Morgan fingerprint density at radius 2 is 2.08 bits per heavy atom. The minimum absolute atomic E-state index is 0.196. The Labute approximate surface area is 138 Å². The van der Waals surface area contributed by atoms with Crippen molar-refractivity contribution >= 4 is 17.6 Å². The molecule has 1 amide bonds. The highest BCUT2D eigenvalue weighted by atomic mass is 19.1. The minimum atomic E-state index is -0.723. The highest BCUT2D eigenvalue weighted by Gasteiger charge is 2.21. The van der Waals surface area contributed by atoms with Gasteiger partial charge in [0.15, 0.2) is 6.61 Å².